The number of amides is 1. The van der Waals surface area contributed by atoms with Crippen LogP contribution >= 0.6 is 0 Å². The van der Waals surface area contributed by atoms with Crippen LogP contribution in [0.1, 0.15) is 22.9 Å². The van der Waals surface area contributed by atoms with Gasteiger partial charge in [0.15, 0.2) is 17.2 Å². The normalized spacial score (nSPS) is 17.1. The van der Waals surface area contributed by atoms with Crippen LogP contribution in [0.25, 0.3) is 17.1 Å². The Morgan fingerprint density at radius 3 is 2.75 bits per heavy atom. The van der Waals surface area contributed by atoms with Gasteiger partial charge in [-0.05, 0) is 12.1 Å². The Kier molecular flexibility index (Phi) is 3.85. The number of hydrogen-bond acceptors (Lipinski definition) is 8. The first-order valence-corrected chi connectivity index (χ1v) is 9.76. The number of anilines is 1. The molecule has 2 aliphatic rings. The van der Waals surface area contributed by atoms with Crippen LogP contribution in [0.4, 0.5) is 15.0 Å². The average Bonchev–Trinajstić information content (AvgIpc) is 3.50. The lowest BCUT2D eigenvalue weighted by molar-refractivity contribution is 0.200. The van der Waals surface area contributed by atoms with E-state index in [4.69, 9.17) is 13.9 Å². The molecule has 0 bridgehead atoms. The molecule has 0 unspecified atom stereocenters. The highest BCUT2D eigenvalue weighted by atomic mass is 19.1. The zero-order valence-electron chi connectivity index (χ0n) is 16.6. The van der Waals surface area contributed by atoms with Crippen molar-refractivity contribution in [3.05, 3.63) is 47.4 Å². The lowest BCUT2D eigenvalue weighted by atomic mass is 9.95. The summed E-state index contributed by atoms with van der Waals surface area (Å²) >= 11 is 0. The summed E-state index contributed by atoms with van der Waals surface area (Å²) in [6, 6.07) is 4.43. The number of halogens is 1. The van der Waals surface area contributed by atoms with E-state index in [9.17, 15) is 14.3 Å². The van der Waals surface area contributed by atoms with Gasteiger partial charge < -0.3 is 19.0 Å². The van der Waals surface area contributed by atoms with Gasteiger partial charge in [0.05, 0.1) is 31.2 Å². The summed E-state index contributed by atoms with van der Waals surface area (Å²) in [5.74, 6) is 0.686. The molecule has 0 saturated heterocycles. The summed E-state index contributed by atoms with van der Waals surface area (Å²) < 4.78 is 33.7. The standard InChI is InChI=1S/C20H15FN6O5/c1-9-23-25-18(32-9)11-4-15-19(27-8-22-24-17(11)27)26(20(28)29)5-12-13(21)2-3-14-16(12)10(6-30-14)7-31-15/h2-4,8,10H,5-7H2,1H3,(H,28,29)/t10-/m0/s1. The third-order valence-corrected chi connectivity index (χ3v) is 5.62. The number of aromatic nitrogens is 5. The first-order valence-electron chi connectivity index (χ1n) is 9.76. The van der Waals surface area contributed by atoms with Crippen molar-refractivity contribution in [1.82, 2.24) is 24.8 Å². The number of benzene rings is 1. The third-order valence-electron chi connectivity index (χ3n) is 5.62. The first-order chi connectivity index (χ1) is 15.5. The summed E-state index contributed by atoms with van der Waals surface area (Å²) in [5, 5.41) is 26.0. The maximum atomic E-state index is 14.9. The molecular formula is C20H15FN6O5. The molecule has 0 radical (unpaired) electrons. The minimum atomic E-state index is -1.29. The van der Waals surface area contributed by atoms with E-state index < -0.39 is 11.9 Å². The van der Waals surface area contributed by atoms with Crippen LogP contribution in [0.3, 0.4) is 0 Å². The number of carboxylic acid groups (broad SMARTS) is 1. The van der Waals surface area contributed by atoms with Crippen LogP contribution in [0, 0.1) is 12.7 Å². The van der Waals surface area contributed by atoms with Gasteiger partial charge in [-0.1, -0.05) is 0 Å². The summed E-state index contributed by atoms with van der Waals surface area (Å²) in [6.07, 6.45) is 0.0682. The number of pyridine rings is 1. The summed E-state index contributed by atoms with van der Waals surface area (Å²) in [5.41, 5.74) is 1.60. The second-order valence-electron chi connectivity index (χ2n) is 7.52. The minimum absolute atomic E-state index is 0.149. The summed E-state index contributed by atoms with van der Waals surface area (Å²) in [7, 11) is 0. The molecule has 0 saturated carbocycles. The van der Waals surface area contributed by atoms with Crippen molar-refractivity contribution in [1.29, 1.82) is 0 Å². The van der Waals surface area contributed by atoms with Crippen LogP contribution in [-0.4, -0.2) is 49.2 Å². The number of fused-ring (bicyclic) bond motifs is 3. The maximum absolute atomic E-state index is 14.9. The zero-order valence-corrected chi connectivity index (χ0v) is 16.6. The van der Waals surface area contributed by atoms with Crippen molar-refractivity contribution in [3.8, 4) is 23.0 Å². The Balaban J connectivity index is 1.61. The van der Waals surface area contributed by atoms with Gasteiger partial charge in [0.2, 0.25) is 5.89 Å². The van der Waals surface area contributed by atoms with E-state index in [-0.39, 0.29) is 42.1 Å². The number of ether oxygens (including phenoxy) is 2. The lowest BCUT2D eigenvalue weighted by Gasteiger charge is -2.23. The van der Waals surface area contributed by atoms with Gasteiger partial charge in [0.1, 0.15) is 17.9 Å². The van der Waals surface area contributed by atoms with E-state index in [2.05, 4.69) is 20.4 Å². The molecule has 6 rings (SSSR count). The van der Waals surface area contributed by atoms with Crippen molar-refractivity contribution >= 4 is 17.6 Å². The molecule has 5 heterocycles. The van der Waals surface area contributed by atoms with Crippen LogP contribution in [0.5, 0.6) is 11.5 Å². The molecule has 1 atom stereocenters. The topological polar surface area (TPSA) is 128 Å². The Morgan fingerprint density at radius 1 is 1.19 bits per heavy atom. The van der Waals surface area contributed by atoms with Crippen molar-refractivity contribution in [3.63, 3.8) is 0 Å². The molecule has 12 heteroatoms. The Bertz CT molecular complexity index is 1400. The zero-order chi connectivity index (χ0) is 22.0. The number of carbonyl (C=O) groups is 1. The van der Waals surface area contributed by atoms with Gasteiger partial charge >= 0.3 is 6.09 Å². The van der Waals surface area contributed by atoms with Crippen molar-refractivity contribution in [2.75, 3.05) is 18.1 Å². The van der Waals surface area contributed by atoms with Crippen LogP contribution in [0.2, 0.25) is 0 Å². The van der Waals surface area contributed by atoms with Gasteiger partial charge in [-0.25, -0.2) is 9.18 Å². The smallest absolute Gasteiger partial charge is 0.413 e. The molecule has 1 N–H and O–H groups in total. The fourth-order valence-electron chi connectivity index (χ4n) is 4.22. The molecule has 32 heavy (non-hydrogen) atoms. The highest BCUT2D eigenvalue weighted by molar-refractivity contribution is 5.90. The Hall–Kier alpha value is -4.22. The maximum Gasteiger partial charge on any atom is 0.413 e. The van der Waals surface area contributed by atoms with Crippen LogP contribution in [-0.2, 0) is 6.54 Å². The quantitative estimate of drug-likeness (QED) is 0.477. The third kappa shape index (κ3) is 2.62. The molecule has 11 nitrogen and oxygen atoms in total. The summed E-state index contributed by atoms with van der Waals surface area (Å²) in [4.78, 5) is 13.4. The predicted molar refractivity (Wildman–Crippen MR) is 105 cm³/mol. The summed E-state index contributed by atoms with van der Waals surface area (Å²) in [6.45, 7) is 1.87. The van der Waals surface area contributed by atoms with Crippen molar-refractivity contribution < 1.29 is 28.2 Å². The number of hydrogen-bond donors (Lipinski definition) is 1. The van der Waals surface area contributed by atoms with E-state index in [0.717, 1.165) is 4.90 Å². The van der Waals surface area contributed by atoms with E-state index in [1.54, 1.807) is 19.1 Å². The Morgan fingerprint density at radius 2 is 2.00 bits per heavy atom. The highest BCUT2D eigenvalue weighted by Gasteiger charge is 2.35. The molecule has 3 aromatic heterocycles. The molecule has 0 spiro atoms. The SMILES string of the molecule is Cc1nnc(-c2cc3c(n4cnnc24)N(C(=O)O)Cc2c(F)ccc4c2[C@@H](CO4)CO3)o1. The van der Waals surface area contributed by atoms with Gasteiger partial charge in [-0.3, -0.25) is 9.30 Å². The number of rotatable bonds is 1. The van der Waals surface area contributed by atoms with Crippen LogP contribution < -0.4 is 14.4 Å². The second-order valence-corrected chi connectivity index (χ2v) is 7.52. The van der Waals surface area contributed by atoms with Gasteiger partial charge in [-0.2, -0.15) is 0 Å². The second kappa shape index (κ2) is 6.64. The fourth-order valence-corrected chi connectivity index (χ4v) is 4.22. The molecule has 4 aromatic rings. The van der Waals surface area contributed by atoms with E-state index in [1.807, 2.05) is 0 Å². The number of aryl methyl sites for hydroxylation is 1. The van der Waals surface area contributed by atoms with E-state index >= 15 is 0 Å². The largest absolute Gasteiger partial charge is 0.493 e. The van der Waals surface area contributed by atoms with Crippen LogP contribution in [0.15, 0.2) is 28.9 Å². The van der Waals surface area contributed by atoms with Crippen molar-refractivity contribution in [2.24, 2.45) is 0 Å². The molecular weight excluding hydrogens is 423 g/mol. The lowest BCUT2D eigenvalue weighted by Crippen LogP contribution is -2.31. The number of nitrogens with zero attached hydrogens (tertiary/aromatic N) is 6. The molecule has 0 aliphatic carbocycles. The monoisotopic (exact) mass is 438 g/mol. The van der Waals surface area contributed by atoms with Gasteiger partial charge in [0, 0.05) is 24.1 Å². The van der Waals surface area contributed by atoms with E-state index in [0.29, 0.717) is 35.0 Å². The average molecular weight is 438 g/mol. The molecule has 1 aromatic carbocycles. The highest BCUT2D eigenvalue weighted by Crippen LogP contribution is 2.43. The van der Waals surface area contributed by atoms with Gasteiger partial charge in [-0.15, -0.1) is 20.4 Å². The molecule has 0 fully saturated rings. The minimum Gasteiger partial charge on any atom is -0.493 e. The predicted octanol–water partition coefficient (Wildman–Crippen LogP) is 2.78. The molecule has 2 aliphatic heterocycles. The fraction of sp³-hybridized carbons (Fsp3) is 0.250. The Labute approximate surface area is 179 Å². The molecule has 162 valence electrons. The van der Waals surface area contributed by atoms with E-state index in [1.165, 1.54) is 16.8 Å². The first kappa shape index (κ1) is 18.5. The van der Waals surface area contributed by atoms with Gasteiger partial charge in [0.25, 0.3) is 5.89 Å². The molecule has 1 amide bonds. The van der Waals surface area contributed by atoms with Crippen molar-refractivity contribution in [2.45, 2.75) is 19.4 Å².